The number of hydrogen-bond donors (Lipinski definition) is 1. The largest absolute Gasteiger partial charge is 0.380 e. The second-order valence-electron chi connectivity index (χ2n) is 3.90. The monoisotopic (exact) mass is 225 g/mol. The first-order valence-corrected chi connectivity index (χ1v) is 5.68. The van der Waals surface area contributed by atoms with Crippen LogP contribution in [0.15, 0.2) is 24.3 Å². The zero-order valence-electron chi connectivity index (χ0n) is 10.2. The summed E-state index contributed by atoms with van der Waals surface area (Å²) in [6, 6.07) is 7.03. The van der Waals surface area contributed by atoms with Crippen LogP contribution in [0.4, 0.5) is 4.39 Å². The number of ether oxygens (including phenoxy) is 1. The third kappa shape index (κ3) is 3.58. The van der Waals surface area contributed by atoms with Crippen LogP contribution in [0.25, 0.3) is 0 Å². The highest BCUT2D eigenvalue weighted by Crippen LogP contribution is 2.12. The first-order chi connectivity index (χ1) is 7.69. The normalized spacial score (nSPS) is 14.8. The highest BCUT2D eigenvalue weighted by molar-refractivity contribution is 5.18. The van der Waals surface area contributed by atoms with E-state index in [1.165, 1.54) is 6.07 Å². The summed E-state index contributed by atoms with van der Waals surface area (Å²) in [5, 5.41) is 3.32. The fourth-order valence-electron chi connectivity index (χ4n) is 1.73. The van der Waals surface area contributed by atoms with Crippen molar-refractivity contribution < 1.29 is 9.13 Å². The third-order valence-electron chi connectivity index (χ3n) is 2.80. The van der Waals surface area contributed by atoms with Crippen LogP contribution in [0.1, 0.15) is 19.4 Å². The lowest BCUT2D eigenvalue weighted by Gasteiger charge is -2.23. The molecule has 0 aliphatic heterocycles. The minimum Gasteiger partial charge on any atom is -0.380 e. The molecular formula is C13H20FNO. The second-order valence-corrected chi connectivity index (χ2v) is 3.90. The average molecular weight is 225 g/mol. The van der Waals surface area contributed by atoms with Crippen molar-refractivity contribution in [1.82, 2.24) is 5.32 Å². The van der Waals surface area contributed by atoms with Crippen molar-refractivity contribution in [3.8, 4) is 0 Å². The number of benzene rings is 1. The Labute approximate surface area is 96.8 Å². The van der Waals surface area contributed by atoms with Crippen molar-refractivity contribution in [2.24, 2.45) is 0 Å². The van der Waals surface area contributed by atoms with Crippen LogP contribution in [0, 0.1) is 5.82 Å². The number of methoxy groups -OCH3 is 1. The van der Waals surface area contributed by atoms with E-state index < -0.39 is 0 Å². The molecule has 90 valence electrons. The van der Waals surface area contributed by atoms with Crippen molar-refractivity contribution in [2.75, 3.05) is 13.7 Å². The van der Waals surface area contributed by atoms with Gasteiger partial charge in [-0.2, -0.15) is 0 Å². The summed E-state index contributed by atoms with van der Waals surface area (Å²) < 4.78 is 18.8. The maximum Gasteiger partial charge on any atom is 0.126 e. The van der Waals surface area contributed by atoms with Gasteiger partial charge in [-0.3, -0.25) is 0 Å². The van der Waals surface area contributed by atoms with E-state index in [0.717, 1.165) is 12.1 Å². The number of hydrogen-bond acceptors (Lipinski definition) is 2. The molecule has 0 spiro atoms. The highest BCUT2D eigenvalue weighted by atomic mass is 19.1. The summed E-state index contributed by atoms with van der Waals surface area (Å²) in [7, 11) is 1.68. The maximum atomic E-state index is 13.5. The molecule has 0 heterocycles. The summed E-state index contributed by atoms with van der Waals surface area (Å²) in [6.07, 6.45) is 0.717. The molecule has 0 bridgehead atoms. The van der Waals surface area contributed by atoms with Gasteiger partial charge in [-0.25, -0.2) is 4.39 Å². The Bertz CT molecular complexity index is 317. The molecule has 0 radical (unpaired) electrons. The van der Waals surface area contributed by atoms with Crippen LogP contribution >= 0.6 is 0 Å². The van der Waals surface area contributed by atoms with Crippen LogP contribution in [0.3, 0.4) is 0 Å². The van der Waals surface area contributed by atoms with Crippen LogP contribution < -0.4 is 5.32 Å². The molecule has 16 heavy (non-hydrogen) atoms. The molecule has 0 saturated carbocycles. The Balaban J connectivity index is 2.71. The van der Waals surface area contributed by atoms with Gasteiger partial charge in [-0.15, -0.1) is 0 Å². The van der Waals surface area contributed by atoms with Gasteiger partial charge < -0.3 is 10.1 Å². The van der Waals surface area contributed by atoms with Gasteiger partial charge in [0.2, 0.25) is 0 Å². The van der Waals surface area contributed by atoms with Crippen molar-refractivity contribution >= 4 is 0 Å². The van der Waals surface area contributed by atoms with Gasteiger partial charge in [0.15, 0.2) is 0 Å². The van der Waals surface area contributed by atoms with Crippen LogP contribution in [0.5, 0.6) is 0 Å². The number of nitrogens with one attached hydrogen (secondary N) is 1. The molecule has 0 fully saturated rings. The molecular weight excluding hydrogens is 205 g/mol. The van der Waals surface area contributed by atoms with Gasteiger partial charge in [0, 0.05) is 13.2 Å². The quantitative estimate of drug-likeness (QED) is 0.802. The third-order valence-corrected chi connectivity index (χ3v) is 2.80. The SMILES string of the molecule is CCNC(Cc1ccccc1F)C(C)OC. The first kappa shape index (κ1) is 13.1. The Kier molecular flexibility index (Phi) is 5.43. The number of likely N-dealkylation sites (N-methyl/N-ethyl adjacent to an activating group) is 1. The van der Waals surface area contributed by atoms with Crippen LogP contribution in [0.2, 0.25) is 0 Å². The Hall–Kier alpha value is -0.930. The smallest absolute Gasteiger partial charge is 0.126 e. The summed E-state index contributed by atoms with van der Waals surface area (Å²) in [4.78, 5) is 0. The summed E-state index contributed by atoms with van der Waals surface area (Å²) in [5.74, 6) is -0.145. The summed E-state index contributed by atoms with van der Waals surface area (Å²) in [5.41, 5.74) is 0.734. The van der Waals surface area contributed by atoms with Gasteiger partial charge in [-0.05, 0) is 31.5 Å². The molecule has 0 aromatic heterocycles. The van der Waals surface area contributed by atoms with Gasteiger partial charge >= 0.3 is 0 Å². The summed E-state index contributed by atoms with van der Waals surface area (Å²) in [6.45, 7) is 4.89. The minimum atomic E-state index is -0.145. The fraction of sp³-hybridized carbons (Fsp3) is 0.538. The molecule has 0 amide bonds. The lowest BCUT2D eigenvalue weighted by molar-refractivity contribution is 0.0833. The molecule has 1 aromatic rings. The zero-order chi connectivity index (χ0) is 12.0. The van der Waals surface area contributed by atoms with E-state index in [9.17, 15) is 4.39 Å². The van der Waals surface area contributed by atoms with E-state index in [0.29, 0.717) is 6.42 Å². The fourth-order valence-corrected chi connectivity index (χ4v) is 1.73. The molecule has 1 aromatic carbocycles. The van der Waals surface area contributed by atoms with E-state index in [2.05, 4.69) is 5.32 Å². The zero-order valence-corrected chi connectivity index (χ0v) is 10.2. The van der Waals surface area contributed by atoms with Gasteiger partial charge in [0.05, 0.1) is 6.10 Å². The van der Waals surface area contributed by atoms with Crippen LogP contribution in [-0.4, -0.2) is 25.8 Å². The van der Waals surface area contributed by atoms with Gasteiger partial charge in [0.1, 0.15) is 5.82 Å². The standard InChI is InChI=1S/C13H20FNO/c1-4-15-13(10(2)16-3)9-11-7-5-6-8-12(11)14/h5-8,10,13,15H,4,9H2,1-3H3. The first-order valence-electron chi connectivity index (χ1n) is 5.68. The van der Waals surface area contributed by atoms with Crippen molar-refractivity contribution in [2.45, 2.75) is 32.4 Å². The van der Waals surface area contributed by atoms with Crippen molar-refractivity contribution in [3.05, 3.63) is 35.6 Å². The molecule has 1 N–H and O–H groups in total. The van der Waals surface area contributed by atoms with Gasteiger partial charge in [-0.1, -0.05) is 25.1 Å². The highest BCUT2D eigenvalue weighted by Gasteiger charge is 2.17. The maximum absolute atomic E-state index is 13.5. The van der Waals surface area contributed by atoms with E-state index in [1.54, 1.807) is 13.2 Å². The van der Waals surface area contributed by atoms with Crippen LogP contribution in [-0.2, 0) is 11.2 Å². The Morgan fingerprint density at radius 1 is 1.38 bits per heavy atom. The Morgan fingerprint density at radius 3 is 2.62 bits per heavy atom. The predicted molar refractivity (Wildman–Crippen MR) is 64.0 cm³/mol. The minimum absolute atomic E-state index is 0.0690. The molecule has 2 atom stereocenters. The predicted octanol–water partition coefficient (Wildman–Crippen LogP) is 2.38. The number of rotatable bonds is 6. The molecule has 0 aliphatic rings. The average Bonchev–Trinajstić information content (AvgIpc) is 2.30. The van der Waals surface area contributed by atoms with Gasteiger partial charge in [0.25, 0.3) is 0 Å². The molecule has 0 saturated heterocycles. The van der Waals surface area contributed by atoms with E-state index in [1.807, 2.05) is 26.0 Å². The topological polar surface area (TPSA) is 21.3 Å². The Morgan fingerprint density at radius 2 is 2.06 bits per heavy atom. The summed E-state index contributed by atoms with van der Waals surface area (Å²) >= 11 is 0. The molecule has 2 unspecified atom stereocenters. The molecule has 3 heteroatoms. The lowest BCUT2D eigenvalue weighted by atomic mass is 10.0. The van der Waals surface area contributed by atoms with Crippen molar-refractivity contribution in [1.29, 1.82) is 0 Å². The van der Waals surface area contributed by atoms with E-state index in [4.69, 9.17) is 4.74 Å². The molecule has 2 nitrogen and oxygen atoms in total. The molecule has 0 aliphatic carbocycles. The lowest BCUT2D eigenvalue weighted by Crippen LogP contribution is -2.41. The van der Waals surface area contributed by atoms with Crippen molar-refractivity contribution in [3.63, 3.8) is 0 Å². The van der Waals surface area contributed by atoms with E-state index in [-0.39, 0.29) is 18.0 Å². The molecule has 1 rings (SSSR count). The number of halogens is 1. The van der Waals surface area contributed by atoms with E-state index >= 15 is 0 Å². The second kappa shape index (κ2) is 6.61.